The molecule has 0 aliphatic rings. The first-order valence-electron chi connectivity index (χ1n) is 4.21. The highest BCUT2D eigenvalue weighted by Crippen LogP contribution is 2.09. The monoisotopic (exact) mass is 208 g/mol. The van der Waals surface area contributed by atoms with Gasteiger partial charge in [-0.2, -0.15) is 13.5 Å². The Hall–Kier alpha value is -0.220. The summed E-state index contributed by atoms with van der Waals surface area (Å²) in [6.45, 7) is 7.14. The van der Waals surface area contributed by atoms with Gasteiger partial charge in [-0.05, 0) is 34.1 Å². The van der Waals surface area contributed by atoms with Gasteiger partial charge in [0.1, 0.15) is 5.60 Å². The van der Waals surface area contributed by atoms with Gasteiger partial charge in [-0.3, -0.25) is 4.79 Å². The van der Waals surface area contributed by atoms with Crippen LogP contribution in [0.4, 0.5) is 0 Å². The number of hydrogen-bond acceptors (Lipinski definition) is 3. The molecule has 1 N–H and O–H groups in total. The molecule has 0 saturated heterocycles. The topological polar surface area (TPSA) is 46.5 Å². The minimum atomic E-state index is -0.433. The summed E-state index contributed by atoms with van der Waals surface area (Å²) >= 11 is 0. The fraction of sp³-hybridized carbons (Fsp3) is 0.889. The maximum absolute atomic E-state index is 11.0. The zero-order chi connectivity index (χ0) is 9.78. The molecule has 0 saturated carbocycles. The zero-order valence-electron chi connectivity index (χ0n) is 8.76. The number of rotatable bonds is 3. The molecule has 0 rings (SSSR count). The van der Waals surface area contributed by atoms with E-state index in [1.807, 2.05) is 20.8 Å². The van der Waals surface area contributed by atoms with Crippen molar-refractivity contribution in [2.45, 2.75) is 52.2 Å². The molecule has 0 aliphatic heterocycles. The lowest BCUT2D eigenvalue weighted by molar-refractivity contribution is -0.155. The quantitative estimate of drug-likeness (QED) is 0.717. The Balaban J connectivity index is 0. The highest BCUT2D eigenvalue weighted by Gasteiger charge is 2.16. The van der Waals surface area contributed by atoms with Crippen molar-refractivity contribution in [3.8, 4) is 0 Å². The molecule has 3 nitrogen and oxygen atoms in total. The predicted molar refractivity (Wildman–Crippen MR) is 57.1 cm³/mol. The van der Waals surface area contributed by atoms with E-state index < -0.39 is 11.7 Å². The van der Waals surface area contributed by atoms with Crippen molar-refractivity contribution in [3.63, 3.8) is 0 Å². The summed E-state index contributed by atoms with van der Waals surface area (Å²) in [6, 6.07) is 0. The smallest absolute Gasteiger partial charge is 0.306 e. The molecule has 0 unspecified atom stereocenters. The summed E-state index contributed by atoms with van der Waals surface area (Å²) in [5.74, 6) is -0.247. The van der Waals surface area contributed by atoms with Crippen molar-refractivity contribution in [3.05, 3.63) is 0 Å². The Morgan fingerprint density at radius 2 is 1.92 bits per heavy atom. The fourth-order valence-electron chi connectivity index (χ4n) is 0.719. The maximum Gasteiger partial charge on any atom is 0.306 e. The highest BCUT2D eigenvalue weighted by molar-refractivity contribution is 7.59. The largest absolute Gasteiger partial charge is 0.460 e. The molecule has 0 fully saturated rings. The molecule has 0 spiro atoms. The Morgan fingerprint density at radius 1 is 1.46 bits per heavy atom. The molecule has 13 heavy (non-hydrogen) atoms. The van der Waals surface area contributed by atoms with Gasteiger partial charge in [-0.15, -0.1) is 0 Å². The van der Waals surface area contributed by atoms with Crippen LogP contribution in [0.3, 0.4) is 0 Å². The minimum Gasteiger partial charge on any atom is -0.460 e. The van der Waals surface area contributed by atoms with Gasteiger partial charge in [-0.1, -0.05) is 0 Å². The second-order valence-corrected chi connectivity index (χ2v) is 3.97. The van der Waals surface area contributed by atoms with Crippen LogP contribution in [0.2, 0.25) is 0 Å². The van der Waals surface area contributed by atoms with Gasteiger partial charge in [0.2, 0.25) is 0 Å². The van der Waals surface area contributed by atoms with Gasteiger partial charge in [0, 0.05) is 6.42 Å². The standard InChI is InChI=1S/C9H18O3.H2S/c1-7(10)5-6-8(11)12-9(2,3)4;/h7,10H,5-6H2,1-4H3;1H2/t7-;/m0./s1. The minimum absolute atomic E-state index is 0. The third-order valence-electron chi connectivity index (χ3n) is 1.19. The van der Waals surface area contributed by atoms with Gasteiger partial charge in [0.05, 0.1) is 6.10 Å². The molecule has 0 aliphatic carbocycles. The summed E-state index contributed by atoms with van der Waals surface area (Å²) in [7, 11) is 0. The van der Waals surface area contributed by atoms with Crippen molar-refractivity contribution in [1.82, 2.24) is 0 Å². The van der Waals surface area contributed by atoms with Crippen LogP contribution in [0.1, 0.15) is 40.5 Å². The molecule has 0 aromatic rings. The lowest BCUT2D eigenvalue weighted by atomic mass is 10.2. The molecule has 1 atom stereocenters. The van der Waals surface area contributed by atoms with Crippen LogP contribution in [0, 0.1) is 0 Å². The summed E-state index contributed by atoms with van der Waals surface area (Å²) in [5.41, 5.74) is -0.421. The molecule has 0 aromatic heterocycles. The van der Waals surface area contributed by atoms with Gasteiger partial charge >= 0.3 is 5.97 Å². The van der Waals surface area contributed by atoms with Crippen LogP contribution in [0.15, 0.2) is 0 Å². The molecule has 0 heterocycles. The molecule has 4 heteroatoms. The molecule has 80 valence electrons. The summed E-state index contributed by atoms with van der Waals surface area (Å²) in [6.07, 6.45) is 0.321. The van der Waals surface area contributed by atoms with Crippen molar-refractivity contribution in [2.75, 3.05) is 0 Å². The van der Waals surface area contributed by atoms with E-state index >= 15 is 0 Å². The number of carbonyl (C=O) groups is 1. The van der Waals surface area contributed by atoms with E-state index in [0.29, 0.717) is 6.42 Å². The van der Waals surface area contributed by atoms with Gasteiger partial charge in [0.15, 0.2) is 0 Å². The number of carbonyl (C=O) groups excluding carboxylic acids is 1. The zero-order valence-corrected chi connectivity index (χ0v) is 9.76. The lowest BCUT2D eigenvalue weighted by Crippen LogP contribution is -2.24. The van der Waals surface area contributed by atoms with Crippen LogP contribution in [0.25, 0.3) is 0 Å². The molecule has 0 bridgehead atoms. The predicted octanol–water partition coefficient (Wildman–Crippen LogP) is 1.60. The van der Waals surface area contributed by atoms with Crippen LogP contribution < -0.4 is 0 Å². The number of esters is 1. The van der Waals surface area contributed by atoms with Crippen molar-refractivity contribution in [2.24, 2.45) is 0 Å². The Morgan fingerprint density at radius 3 is 2.23 bits per heavy atom. The Bertz CT molecular complexity index is 149. The third-order valence-corrected chi connectivity index (χ3v) is 1.19. The number of aliphatic hydroxyl groups is 1. The van der Waals surface area contributed by atoms with Crippen molar-refractivity contribution < 1.29 is 14.6 Å². The number of aliphatic hydroxyl groups excluding tert-OH is 1. The Labute approximate surface area is 86.9 Å². The molecule has 0 amide bonds. The Kier molecular flexibility index (Phi) is 7.36. The summed E-state index contributed by atoms with van der Waals surface area (Å²) in [4.78, 5) is 11.0. The second-order valence-electron chi connectivity index (χ2n) is 3.97. The van der Waals surface area contributed by atoms with Crippen molar-refractivity contribution in [1.29, 1.82) is 0 Å². The molecule has 0 aromatic carbocycles. The second kappa shape index (κ2) is 6.27. The van der Waals surface area contributed by atoms with E-state index in [0.717, 1.165) is 0 Å². The maximum atomic E-state index is 11.0. The first kappa shape index (κ1) is 15.3. The van der Waals surface area contributed by atoms with E-state index in [4.69, 9.17) is 9.84 Å². The van der Waals surface area contributed by atoms with Gasteiger partial charge in [0.25, 0.3) is 0 Å². The highest BCUT2D eigenvalue weighted by atomic mass is 32.1. The number of hydrogen-bond donors (Lipinski definition) is 1. The first-order chi connectivity index (χ1) is 5.31. The average Bonchev–Trinajstić information content (AvgIpc) is 1.79. The van der Waals surface area contributed by atoms with E-state index in [-0.39, 0.29) is 25.9 Å². The molecular formula is C9H20O3S. The van der Waals surface area contributed by atoms with Crippen LogP contribution >= 0.6 is 13.5 Å². The average molecular weight is 208 g/mol. The van der Waals surface area contributed by atoms with E-state index in [1.54, 1.807) is 6.92 Å². The fourth-order valence-corrected chi connectivity index (χ4v) is 0.719. The van der Waals surface area contributed by atoms with E-state index in [1.165, 1.54) is 0 Å². The SMILES string of the molecule is C[C@H](O)CCC(=O)OC(C)(C)C.S. The van der Waals surface area contributed by atoms with E-state index in [9.17, 15) is 4.79 Å². The summed E-state index contributed by atoms with van der Waals surface area (Å²) < 4.78 is 5.04. The van der Waals surface area contributed by atoms with Crippen molar-refractivity contribution >= 4 is 19.5 Å². The third kappa shape index (κ3) is 11.8. The van der Waals surface area contributed by atoms with Gasteiger partial charge in [-0.25, -0.2) is 0 Å². The van der Waals surface area contributed by atoms with Crippen LogP contribution in [-0.4, -0.2) is 22.8 Å². The van der Waals surface area contributed by atoms with Crippen LogP contribution in [-0.2, 0) is 9.53 Å². The van der Waals surface area contributed by atoms with Gasteiger partial charge < -0.3 is 9.84 Å². The normalized spacial score (nSPS) is 13.0. The van der Waals surface area contributed by atoms with Crippen LogP contribution in [0.5, 0.6) is 0 Å². The lowest BCUT2D eigenvalue weighted by Gasteiger charge is -2.19. The first-order valence-corrected chi connectivity index (χ1v) is 4.21. The molecular weight excluding hydrogens is 188 g/mol. The molecule has 0 radical (unpaired) electrons. The van der Waals surface area contributed by atoms with E-state index in [2.05, 4.69) is 0 Å². The number of ether oxygens (including phenoxy) is 1. The summed E-state index contributed by atoms with van der Waals surface area (Å²) in [5, 5.41) is 8.89.